The number of carbonyl (C=O) groups excluding carboxylic acids is 2. The zero-order chi connectivity index (χ0) is 9.71. The number of hydrogen-bond donors (Lipinski definition) is 0. The third kappa shape index (κ3) is 0.974. The average Bonchev–Trinajstić information content (AvgIpc) is 2.52. The highest BCUT2D eigenvalue weighted by Gasteiger charge is 2.55. The predicted octanol–water partition coefficient (Wildman–Crippen LogP) is 0.359. The van der Waals surface area contributed by atoms with Crippen molar-refractivity contribution in [3.63, 3.8) is 0 Å². The van der Waals surface area contributed by atoms with Gasteiger partial charge in [0, 0.05) is 6.61 Å². The van der Waals surface area contributed by atoms with Crippen molar-refractivity contribution in [2.75, 3.05) is 13.2 Å². The number of rotatable bonds is 0. The molecule has 4 nitrogen and oxygen atoms in total. The molecule has 4 heteroatoms. The second kappa shape index (κ2) is 2.79. The van der Waals surface area contributed by atoms with Gasteiger partial charge in [0.2, 0.25) is 0 Å². The van der Waals surface area contributed by atoms with Crippen LogP contribution in [0.1, 0.15) is 12.8 Å². The molecule has 3 aliphatic rings. The summed E-state index contributed by atoms with van der Waals surface area (Å²) in [5.74, 6) is -0.195. The van der Waals surface area contributed by atoms with Gasteiger partial charge in [-0.3, -0.25) is 9.59 Å². The van der Waals surface area contributed by atoms with E-state index < -0.39 is 0 Å². The molecule has 0 spiro atoms. The van der Waals surface area contributed by atoms with E-state index >= 15 is 0 Å². The van der Waals surface area contributed by atoms with E-state index in [0.717, 1.165) is 6.42 Å². The van der Waals surface area contributed by atoms with Gasteiger partial charge in [0.25, 0.3) is 0 Å². The number of esters is 2. The maximum absolute atomic E-state index is 11.4. The molecule has 0 aromatic rings. The van der Waals surface area contributed by atoms with Crippen LogP contribution < -0.4 is 0 Å². The van der Waals surface area contributed by atoms with Gasteiger partial charge in [0.05, 0.1) is 18.4 Å². The number of cyclic esters (lactones) is 2. The fourth-order valence-corrected chi connectivity index (χ4v) is 3.11. The summed E-state index contributed by atoms with van der Waals surface area (Å²) in [7, 11) is 0. The Morgan fingerprint density at radius 1 is 1.07 bits per heavy atom. The van der Waals surface area contributed by atoms with Crippen LogP contribution in [0.15, 0.2) is 0 Å². The molecule has 2 aliphatic heterocycles. The molecule has 0 aromatic heterocycles. The van der Waals surface area contributed by atoms with Crippen LogP contribution in [0.2, 0.25) is 0 Å². The predicted molar refractivity (Wildman–Crippen MR) is 45.1 cm³/mol. The molecule has 1 saturated carbocycles. The van der Waals surface area contributed by atoms with Gasteiger partial charge >= 0.3 is 11.9 Å². The molecule has 2 bridgehead atoms. The molecule has 0 amide bonds. The highest BCUT2D eigenvalue weighted by molar-refractivity contribution is 5.92. The SMILES string of the molecule is O=C1OC(=O)C2CC1C1CCOCC21. The Bertz CT molecular complexity index is 270. The maximum Gasteiger partial charge on any atom is 0.316 e. The lowest BCUT2D eigenvalue weighted by molar-refractivity contribution is -0.169. The average molecular weight is 196 g/mol. The van der Waals surface area contributed by atoms with Gasteiger partial charge in [-0.15, -0.1) is 0 Å². The molecule has 2 heterocycles. The molecule has 3 rings (SSSR count). The van der Waals surface area contributed by atoms with Crippen LogP contribution in [0.4, 0.5) is 0 Å². The fourth-order valence-electron chi connectivity index (χ4n) is 3.11. The van der Waals surface area contributed by atoms with Crippen LogP contribution in [0.3, 0.4) is 0 Å². The molecular formula is C10H12O4. The zero-order valence-corrected chi connectivity index (χ0v) is 7.77. The lowest BCUT2D eigenvalue weighted by atomic mass is 9.84. The fraction of sp³-hybridized carbons (Fsp3) is 0.800. The Morgan fingerprint density at radius 2 is 1.79 bits per heavy atom. The molecule has 0 aromatic carbocycles. The van der Waals surface area contributed by atoms with Crippen LogP contribution in [0, 0.1) is 23.7 Å². The summed E-state index contributed by atoms with van der Waals surface area (Å²) in [6, 6.07) is 0. The first-order chi connectivity index (χ1) is 6.77. The van der Waals surface area contributed by atoms with Crippen molar-refractivity contribution in [1.29, 1.82) is 0 Å². The second-order valence-electron chi connectivity index (χ2n) is 4.38. The van der Waals surface area contributed by atoms with E-state index in [9.17, 15) is 9.59 Å². The van der Waals surface area contributed by atoms with Crippen LogP contribution in [-0.4, -0.2) is 25.2 Å². The molecule has 3 fully saturated rings. The maximum atomic E-state index is 11.4. The monoisotopic (exact) mass is 196 g/mol. The Morgan fingerprint density at radius 3 is 2.57 bits per heavy atom. The van der Waals surface area contributed by atoms with Crippen molar-refractivity contribution in [2.24, 2.45) is 23.7 Å². The van der Waals surface area contributed by atoms with Gasteiger partial charge in [-0.05, 0) is 24.7 Å². The minimum absolute atomic E-state index is 0.0356. The van der Waals surface area contributed by atoms with E-state index in [4.69, 9.17) is 9.47 Å². The zero-order valence-electron chi connectivity index (χ0n) is 7.77. The van der Waals surface area contributed by atoms with E-state index in [1.54, 1.807) is 0 Å². The summed E-state index contributed by atoms with van der Waals surface area (Å²) in [6.07, 6.45) is 1.59. The highest BCUT2D eigenvalue weighted by atomic mass is 16.6. The lowest BCUT2D eigenvalue weighted by Gasteiger charge is -2.27. The van der Waals surface area contributed by atoms with Crippen molar-refractivity contribution in [3.8, 4) is 0 Å². The molecule has 4 unspecified atom stereocenters. The number of ether oxygens (including phenoxy) is 2. The largest absolute Gasteiger partial charge is 0.393 e. The van der Waals surface area contributed by atoms with E-state index in [1.807, 2.05) is 0 Å². The topological polar surface area (TPSA) is 52.6 Å². The van der Waals surface area contributed by atoms with Gasteiger partial charge in [0.15, 0.2) is 0 Å². The van der Waals surface area contributed by atoms with E-state index in [0.29, 0.717) is 25.6 Å². The third-order valence-electron chi connectivity index (χ3n) is 3.80. The summed E-state index contributed by atoms with van der Waals surface area (Å²) in [6.45, 7) is 1.33. The summed E-state index contributed by atoms with van der Waals surface area (Å²) in [5.41, 5.74) is 0. The van der Waals surface area contributed by atoms with Crippen LogP contribution >= 0.6 is 0 Å². The van der Waals surface area contributed by atoms with Crippen LogP contribution in [0.25, 0.3) is 0 Å². The third-order valence-corrected chi connectivity index (χ3v) is 3.80. The van der Waals surface area contributed by atoms with Crippen molar-refractivity contribution in [1.82, 2.24) is 0 Å². The molecule has 0 N–H and O–H groups in total. The molecule has 76 valence electrons. The summed E-state index contributed by atoms with van der Waals surface area (Å²) in [5, 5.41) is 0. The minimum Gasteiger partial charge on any atom is -0.393 e. The van der Waals surface area contributed by atoms with Crippen LogP contribution in [0.5, 0.6) is 0 Å². The number of carbonyl (C=O) groups is 2. The first kappa shape index (κ1) is 8.41. The Balaban J connectivity index is 1.94. The first-order valence-electron chi connectivity index (χ1n) is 5.10. The summed E-state index contributed by atoms with van der Waals surface area (Å²) in [4.78, 5) is 22.9. The first-order valence-corrected chi connectivity index (χ1v) is 5.10. The van der Waals surface area contributed by atoms with Crippen molar-refractivity contribution < 1.29 is 19.1 Å². The van der Waals surface area contributed by atoms with Crippen LogP contribution in [-0.2, 0) is 19.1 Å². The Labute approximate surface area is 81.6 Å². The van der Waals surface area contributed by atoms with Gasteiger partial charge < -0.3 is 9.47 Å². The van der Waals surface area contributed by atoms with Gasteiger partial charge in [-0.25, -0.2) is 0 Å². The van der Waals surface area contributed by atoms with Gasteiger partial charge in [-0.2, -0.15) is 0 Å². The minimum atomic E-state index is -0.329. The molecule has 2 saturated heterocycles. The molecule has 1 aliphatic carbocycles. The second-order valence-corrected chi connectivity index (χ2v) is 4.38. The standard InChI is InChI=1S/C10H12O4/c11-9-6-3-7(10(12)14-9)8-4-13-2-1-5(6)8/h5-8H,1-4H2. The highest BCUT2D eigenvalue weighted by Crippen LogP contribution is 2.49. The smallest absolute Gasteiger partial charge is 0.316 e. The normalized spacial score (nSPS) is 46.0. The molecule has 4 atom stereocenters. The lowest BCUT2D eigenvalue weighted by Crippen LogP contribution is -2.30. The van der Waals surface area contributed by atoms with E-state index in [1.165, 1.54) is 0 Å². The Kier molecular flexibility index (Phi) is 1.68. The molecule has 14 heavy (non-hydrogen) atoms. The Hall–Kier alpha value is -0.900. The summed E-state index contributed by atoms with van der Waals surface area (Å²) < 4.78 is 10.1. The van der Waals surface area contributed by atoms with Crippen molar-refractivity contribution in [2.45, 2.75) is 12.8 Å². The number of fused-ring (bicyclic) bond motifs is 5. The van der Waals surface area contributed by atoms with E-state index in [2.05, 4.69) is 0 Å². The van der Waals surface area contributed by atoms with Gasteiger partial charge in [-0.1, -0.05) is 0 Å². The number of hydrogen-bond acceptors (Lipinski definition) is 4. The quantitative estimate of drug-likeness (QED) is 0.414. The van der Waals surface area contributed by atoms with E-state index in [-0.39, 0.29) is 29.7 Å². The van der Waals surface area contributed by atoms with Gasteiger partial charge in [0.1, 0.15) is 0 Å². The molecular weight excluding hydrogens is 184 g/mol. The van der Waals surface area contributed by atoms with Crippen molar-refractivity contribution >= 4 is 11.9 Å². The van der Waals surface area contributed by atoms with Crippen molar-refractivity contribution in [3.05, 3.63) is 0 Å². The molecule has 0 radical (unpaired) electrons. The summed E-state index contributed by atoms with van der Waals surface area (Å²) >= 11 is 0.